The van der Waals surface area contributed by atoms with E-state index >= 15 is 0 Å². The number of unbranched alkanes of at least 4 members (excludes halogenated alkanes) is 8. The van der Waals surface area contributed by atoms with Gasteiger partial charge in [-0.1, -0.05) is 58.3 Å². The maximum absolute atomic E-state index is 9.19. The van der Waals surface area contributed by atoms with Crippen LogP contribution in [0.25, 0.3) is 0 Å². The van der Waals surface area contributed by atoms with Crippen LogP contribution in [0.5, 0.6) is 0 Å². The third-order valence-electron chi connectivity index (χ3n) is 2.86. The van der Waals surface area contributed by atoms with Crippen molar-refractivity contribution < 1.29 is 5.11 Å². The molecule has 0 aliphatic rings. The Morgan fingerprint density at radius 3 is 1.80 bits per heavy atom. The maximum atomic E-state index is 9.19. The minimum Gasteiger partial charge on any atom is -0.377 e. The summed E-state index contributed by atoms with van der Waals surface area (Å²) in [6.45, 7) is 2.25. The number of nitrogens with zero attached hydrogens (tertiary/aromatic N) is 1. The normalized spacial score (nSPS) is 13.0. The van der Waals surface area contributed by atoms with Gasteiger partial charge in [0.15, 0.2) is 0 Å². The Hall–Kier alpha value is -0.0800. The van der Waals surface area contributed by atoms with Gasteiger partial charge in [-0.25, -0.2) is 5.32 Å². The topological polar surface area (TPSA) is 34.3 Å². The van der Waals surface area contributed by atoms with Crippen molar-refractivity contribution >= 4 is 0 Å². The third-order valence-corrected chi connectivity index (χ3v) is 2.86. The molecule has 0 spiro atoms. The van der Waals surface area contributed by atoms with Crippen LogP contribution in [0.3, 0.4) is 0 Å². The summed E-state index contributed by atoms with van der Waals surface area (Å²) < 4.78 is 0. The Labute approximate surface area is 95.5 Å². The second-order valence-corrected chi connectivity index (χ2v) is 4.36. The summed E-state index contributed by atoms with van der Waals surface area (Å²) in [5.74, 6) is 0. The Balaban J connectivity index is 2.92. The Morgan fingerprint density at radius 1 is 0.867 bits per heavy atom. The predicted octanol–water partition coefficient (Wildman–Crippen LogP) is 3.46. The standard InChI is InChI=1S/C13H28NO/c1-3-4-5-6-7-8-9-10-11-12-13(15)14-2/h13,15H,3-12H2,1-2H3. The number of aliphatic hydroxyl groups is 1. The lowest BCUT2D eigenvalue weighted by Gasteiger charge is -2.06. The van der Waals surface area contributed by atoms with Gasteiger partial charge in [0.05, 0.1) is 0 Å². The van der Waals surface area contributed by atoms with Crippen LogP contribution in [-0.4, -0.2) is 18.4 Å². The molecule has 15 heavy (non-hydrogen) atoms. The maximum Gasteiger partial charge on any atom is 0.119 e. The smallest absolute Gasteiger partial charge is 0.119 e. The summed E-state index contributed by atoms with van der Waals surface area (Å²) in [6.07, 6.45) is 12.4. The van der Waals surface area contributed by atoms with Crippen molar-refractivity contribution in [1.82, 2.24) is 5.32 Å². The van der Waals surface area contributed by atoms with Crippen molar-refractivity contribution in [3.05, 3.63) is 0 Å². The first kappa shape index (κ1) is 14.9. The van der Waals surface area contributed by atoms with Crippen LogP contribution in [0.2, 0.25) is 0 Å². The van der Waals surface area contributed by atoms with E-state index in [1.165, 1.54) is 51.4 Å². The summed E-state index contributed by atoms with van der Waals surface area (Å²) in [5.41, 5.74) is 0. The molecule has 1 radical (unpaired) electrons. The minimum atomic E-state index is -0.422. The van der Waals surface area contributed by atoms with Gasteiger partial charge in [-0.3, -0.25) is 0 Å². The van der Waals surface area contributed by atoms with Crippen molar-refractivity contribution in [1.29, 1.82) is 0 Å². The van der Waals surface area contributed by atoms with E-state index in [2.05, 4.69) is 12.2 Å². The third kappa shape index (κ3) is 11.8. The molecule has 0 aliphatic carbocycles. The fourth-order valence-electron chi connectivity index (χ4n) is 1.77. The van der Waals surface area contributed by atoms with Gasteiger partial charge in [0.1, 0.15) is 6.23 Å². The van der Waals surface area contributed by atoms with Crippen molar-refractivity contribution in [2.45, 2.75) is 77.4 Å². The quantitative estimate of drug-likeness (QED) is 0.525. The first-order chi connectivity index (χ1) is 7.31. The number of rotatable bonds is 11. The molecule has 0 rings (SSSR count). The molecule has 0 saturated heterocycles. The van der Waals surface area contributed by atoms with E-state index in [0.717, 1.165) is 12.8 Å². The van der Waals surface area contributed by atoms with Gasteiger partial charge < -0.3 is 5.11 Å². The second kappa shape index (κ2) is 12.0. The van der Waals surface area contributed by atoms with Gasteiger partial charge >= 0.3 is 0 Å². The minimum absolute atomic E-state index is 0.422. The largest absolute Gasteiger partial charge is 0.377 e. The molecular weight excluding hydrogens is 186 g/mol. The molecule has 0 amide bonds. The monoisotopic (exact) mass is 214 g/mol. The molecule has 0 aromatic carbocycles. The summed E-state index contributed by atoms with van der Waals surface area (Å²) in [5, 5.41) is 13.0. The van der Waals surface area contributed by atoms with E-state index in [1.807, 2.05) is 0 Å². The molecule has 0 saturated carbocycles. The van der Waals surface area contributed by atoms with E-state index < -0.39 is 6.23 Å². The van der Waals surface area contributed by atoms with Crippen LogP contribution >= 0.6 is 0 Å². The van der Waals surface area contributed by atoms with Crippen LogP contribution in [0.15, 0.2) is 0 Å². The SMILES string of the molecule is CCCCCCCCCCCC(O)[N]C. The summed E-state index contributed by atoms with van der Waals surface area (Å²) in [4.78, 5) is 0. The number of aliphatic hydroxyl groups excluding tert-OH is 1. The second-order valence-electron chi connectivity index (χ2n) is 4.36. The van der Waals surface area contributed by atoms with Crippen LogP contribution in [0.4, 0.5) is 0 Å². The van der Waals surface area contributed by atoms with E-state index in [4.69, 9.17) is 0 Å². The molecule has 2 nitrogen and oxygen atoms in total. The zero-order valence-electron chi connectivity index (χ0n) is 10.5. The molecule has 1 unspecified atom stereocenters. The van der Waals surface area contributed by atoms with Crippen molar-refractivity contribution in [3.63, 3.8) is 0 Å². The lowest BCUT2D eigenvalue weighted by atomic mass is 10.1. The summed E-state index contributed by atoms with van der Waals surface area (Å²) >= 11 is 0. The van der Waals surface area contributed by atoms with Gasteiger partial charge in [-0.2, -0.15) is 0 Å². The average molecular weight is 214 g/mol. The van der Waals surface area contributed by atoms with Crippen LogP contribution in [-0.2, 0) is 0 Å². The molecule has 0 aromatic heterocycles. The van der Waals surface area contributed by atoms with Crippen molar-refractivity contribution in [3.8, 4) is 0 Å². The highest BCUT2D eigenvalue weighted by atomic mass is 16.3. The van der Waals surface area contributed by atoms with Gasteiger partial charge in [0, 0.05) is 7.05 Å². The molecule has 0 heterocycles. The first-order valence-corrected chi connectivity index (χ1v) is 6.58. The Bertz CT molecular complexity index is 117. The number of hydrogen-bond acceptors (Lipinski definition) is 1. The van der Waals surface area contributed by atoms with E-state index in [-0.39, 0.29) is 0 Å². The molecule has 91 valence electrons. The first-order valence-electron chi connectivity index (χ1n) is 6.58. The molecular formula is C13H28NO. The van der Waals surface area contributed by atoms with Gasteiger partial charge in [0.25, 0.3) is 0 Å². The summed E-state index contributed by atoms with van der Waals surface area (Å²) in [6, 6.07) is 0. The van der Waals surface area contributed by atoms with Crippen LogP contribution in [0.1, 0.15) is 71.1 Å². The van der Waals surface area contributed by atoms with E-state index in [0.29, 0.717) is 0 Å². The Kier molecular flexibility index (Phi) is 11.9. The lowest BCUT2D eigenvalue weighted by Crippen LogP contribution is -2.16. The van der Waals surface area contributed by atoms with E-state index in [1.54, 1.807) is 7.05 Å². The highest BCUT2D eigenvalue weighted by Crippen LogP contribution is 2.10. The Morgan fingerprint density at radius 2 is 1.33 bits per heavy atom. The van der Waals surface area contributed by atoms with Gasteiger partial charge in [-0.05, 0) is 12.8 Å². The highest BCUT2D eigenvalue weighted by molar-refractivity contribution is 4.51. The summed E-state index contributed by atoms with van der Waals surface area (Å²) in [7, 11) is 1.68. The highest BCUT2D eigenvalue weighted by Gasteiger charge is 1.99. The van der Waals surface area contributed by atoms with Crippen LogP contribution in [0, 0.1) is 0 Å². The predicted molar refractivity (Wildman–Crippen MR) is 65.9 cm³/mol. The lowest BCUT2D eigenvalue weighted by molar-refractivity contribution is 0.130. The van der Waals surface area contributed by atoms with Crippen LogP contribution < -0.4 is 5.32 Å². The van der Waals surface area contributed by atoms with Crippen molar-refractivity contribution in [2.75, 3.05) is 7.05 Å². The molecule has 0 bridgehead atoms. The molecule has 2 heteroatoms. The zero-order valence-corrected chi connectivity index (χ0v) is 10.5. The fourth-order valence-corrected chi connectivity index (χ4v) is 1.77. The van der Waals surface area contributed by atoms with E-state index in [9.17, 15) is 5.11 Å². The number of hydrogen-bond donors (Lipinski definition) is 1. The zero-order chi connectivity index (χ0) is 11.4. The molecule has 1 N–H and O–H groups in total. The van der Waals surface area contributed by atoms with Gasteiger partial charge in [-0.15, -0.1) is 0 Å². The van der Waals surface area contributed by atoms with Crippen molar-refractivity contribution in [2.24, 2.45) is 0 Å². The molecule has 1 atom stereocenters. The molecule has 0 aromatic rings. The molecule has 0 fully saturated rings. The fraction of sp³-hybridized carbons (Fsp3) is 1.00. The average Bonchev–Trinajstić information content (AvgIpc) is 2.26. The molecule has 0 aliphatic heterocycles. The van der Waals surface area contributed by atoms with Gasteiger partial charge in [0.2, 0.25) is 0 Å².